The third-order valence-corrected chi connectivity index (χ3v) is 8.26. The summed E-state index contributed by atoms with van der Waals surface area (Å²) in [6, 6.07) is 28.8. The van der Waals surface area contributed by atoms with Crippen LogP contribution in [-0.2, 0) is 17.7 Å². The lowest BCUT2D eigenvalue weighted by atomic mass is 10.0. The highest BCUT2D eigenvalue weighted by molar-refractivity contribution is 7.14. The van der Waals surface area contributed by atoms with Crippen LogP contribution in [-0.4, -0.2) is 54.9 Å². The lowest BCUT2D eigenvalue weighted by Gasteiger charge is -2.37. The number of nitrogens with one attached hydrogen (secondary N) is 2. The van der Waals surface area contributed by atoms with Gasteiger partial charge in [0.25, 0.3) is 5.91 Å². The number of para-hydroxylation sites is 1. The molecule has 1 aliphatic rings. The molecular formula is C34H37N4O4S. The van der Waals surface area contributed by atoms with E-state index in [1.54, 1.807) is 17.1 Å². The molecule has 1 aromatic heterocycles. The van der Waals surface area contributed by atoms with Crippen molar-refractivity contribution < 1.29 is 19.4 Å². The Labute approximate surface area is 256 Å². The van der Waals surface area contributed by atoms with Gasteiger partial charge in [0, 0.05) is 30.1 Å². The number of rotatable bonds is 12. The minimum atomic E-state index is -0.462. The van der Waals surface area contributed by atoms with Gasteiger partial charge < -0.3 is 20.5 Å². The Hall–Kier alpha value is -4.18. The molecule has 0 atom stereocenters. The predicted molar refractivity (Wildman–Crippen MR) is 171 cm³/mol. The Morgan fingerprint density at radius 1 is 0.884 bits per heavy atom. The minimum absolute atomic E-state index is 0.0611. The third kappa shape index (κ3) is 8.44. The van der Waals surface area contributed by atoms with E-state index in [1.165, 1.54) is 11.3 Å². The molecule has 8 nitrogen and oxygen atoms in total. The van der Waals surface area contributed by atoms with E-state index in [4.69, 9.17) is 4.74 Å². The summed E-state index contributed by atoms with van der Waals surface area (Å²) in [4.78, 5) is 27.9. The summed E-state index contributed by atoms with van der Waals surface area (Å²) in [5, 5.41) is 19.4. The number of piperidine rings is 1. The third-order valence-electron chi connectivity index (χ3n) is 7.18. The van der Waals surface area contributed by atoms with Crippen LogP contribution in [0.4, 0.5) is 10.5 Å². The SMILES string of the molecule is O=C(NCCOC(=O)N(c1ccccc1-c1ccccc1)N1CC[CH]CC1)c1ccc(CNCCc2ccc(O)cc2)s1. The molecule has 0 aliphatic carbocycles. The van der Waals surface area contributed by atoms with E-state index >= 15 is 0 Å². The number of amides is 2. The second kappa shape index (κ2) is 15.3. The quantitative estimate of drug-likeness (QED) is 0.173. The second-order valence-electron chi connectivity index (χ2n) is 10.2. The van der Waals surface area contributed by atoms with Crippen molar-refractivity contribution in [1.82, 2.24) is 15.6 Å². The first-order valence-electron chi connectivity index (χ1n) is 14.6. The minimum Gasteiger partial charge on any atom is -0.508 e. The highest BCUT2D eigenvalue weighted by Crippen LogP contribution is 2.33. The number of hydrogen-bond acceptors (Lipinski definition) is 7. The van der Waals surface area contributed by atoms with Crippen molar-refractivity contribution in [3.05, 3.63) is 113 Å². The van der Waals surface area contributed by atoms with E-state index in [1.807, 2.05) is 83.9 Å². The van der Waals surface area contributed by atoms with Crippen LogP contribution in [0.2, 0.25) is 0 Å². The molecule has 0 unspecified atom stereocenters. The Morgan fingerprint density at radius 2 is 1.63 bits per heavy atom. The number of aromatic hydroxyl groups is 1. The molecular weight excluding hydrogens is 560 g/mol. The number of ether oxygens (including phenoxy) is 1. The first-order valence-corrected chi connectivity index (χ1v) is 15.4. The number of carbonyl (C=O) groups is 2. The number of phenolic OH excluding ortho intramolecular Hbond substituents is 1. The van der Waals surface area contributed by atoms with Gasteiger partial charge in [0.05, 0.1) is 17.1 Å². The van der Waals surface area contributed by atoms with Crippen LogP contribution in [0.1, 0.15) is 33.0 Å². The molecule has 223 valence electrons. The molecule has 1 saturated heterocycles. The number of hydrogen-bond donors (Lipinski definition) is 3. The van der Waals surface area contributed by atoms with Gasteiger partial charge in [-0.2, -0.15) is 0 Å². The summed E-state index contributed by atoms with van der Waals surface area (Å²) in [5.74, 6) is 0.0800. The molecule has 1 aliphatic heterocycles. The van der Waals surface area contributed by atoms with Crippen LogP contribution in [0, 0.1) is 6.42 Å². The van der Waals surface area contributed by atoms with Crippen LogP contribution in [0.5, 0.6) is 5.75 Å². The van der Waals surface area contributed by atoms with Gasteiger partial charge in [-0.1, -0.05) is 60.7 Å². The number of benzene rings is 3. The van der Waals surface area contributed by atoms with Crippen LogP contribution < -0.4 is 15.6 Å². The zero-order chi connectivity index (χ0) is 29.9. The molecule has 2 heterocycles. The Morgan fingerprint density at radius 3 is 2.42 bits per heavy atom. The van der Waals surface area contributed by atoms with Gasteiger partial charge in [0.2, 0.25) is 0 Å². The highest BCUT2D eigenvalue weighted by Gasteiger charge is 2.28. The molecule has 0 saturated carbocycles. The number of phenols is 1. The van der Waals surface area contributed by atoms with Gasteiger partial charge in [-0.15, -0.1) is 11.3 Å². The second-order valence-corrected chi connectivity index (χ2v) is 11.4. The zero-order valence-corrected chi connectivity index (χ0v) is 24.9. The van der Waals surface area contributed by atoms with Gasteiger partial charge in [-0.25, -0.2) is 14.8 Å². The molecule has 0 bridgehead atoms. The van der Waals surface area contributed by atoms with Crippen LogP contribution >= 0.6 is 11.3 Å². The van der Waals surface area contributed by atoms with E-state index < -0.39 is 6.09 Å². The largest absolute Gasteiger partial charge is 0.508 e. The molecule has 5 rings (SSSR count). The van der Waals surface area contributed by atoms with Crippen molar-refractivity contribution in [2.24, 2.45) is 0 Å². The molecule has 1 fully saturated rings. The van der Waals surface area contributed by atoms with E-state index in [0.717, 1.165) is 66.2 Å². The summed E-state index contributed by atoms with van der Waals surface area (Å²) in [7, 11) is 0. The first-order chi connectivity index (χ1) is 21.1. The van der Waals surface area contributed by atoms with Crippen molar-refractivity contribution in [2.45, 2.75) is 25.8 Å². The summed E-state index contributed by atoms with van der Waals surface area (Å²) in [6.07, 6.45) is 4.41. The fourth-order valence-corrected chi connectivity index (χ4v) is 5.87. The normalized spacial score (nSPS) is 13.4. The number of anilines is 1. The molecule has 2 amide bonds. The van der Waals surface area contributed by atoms with Gasteiger partial charge in [0.1, 0.15) is 12.4 Å². The summed E-state index contributed by atoms with van der Waals surface area (Å²) in [5.41, 5.74) is 3.89. The smallest absolute Gasteiger partial charge is 0.429 e. The van der Waals surface area contributed by atoms with Gasteiger partial charge in [0.15, 0.2) is 0 Å². The maximum atomic E-state index is 13.5. The standard InChI is InChI=1S/C34H37N4O4S/c39-28-15-13-26(14-16-28)19-20-35-25-29-17-18-32(43-29)33(40)36-21-24-42-34(41)38(37-22-7-2-8-23-37)31-12-6-5-11-30(31)27-9-3-1-4-10-27/h1-6,9-18,35,39H,7-8,19-25H2,(H,36,40). The van der Waals surface area contributed by atoms with Crippen LogP contribution in [0.3, 0.4) is 0 Å². The van der Waals surface area contributed by atoms with E-state index in [9.17, 15) is 14.7 Å². The topological polar surface area (TPSA) is 94.1 Å². The van der Waals surface area contributed by atoms with Gasteiger partial charge >= 0.3 is 6.09 Å². The Kier molecular flexibility index (Phi) is 10.8. The van der Waals surface area contributed by atoms with E-state index in [2.05, 4.69) is 17.1 Å². The maximum Gasteiger partial charge on any atom is 0.429 e. The average Bonchev–Trinajstić information content (AvgIpc) is 3.53. The zero-order valence-electron chi connectivity index (χ0n) is 24.1. The van der Waals surface area contributed by atoms with Crippen molar-refractivity contribution in [1.29, 1.82) is 0 Å². The lowest BCUT2D eigenvalue weighted by molar-refractivity contribution is 0.0931. The summed E-state index contributed by atoms with van der Waals surface area (Å²) in [6.45, 7) is 3.18. The monoisotopic (exact) mass is 597 g/mol. The van der Waals surface area contributed by atoms with Crippen molar-refractivity contribution >= 4 is 29.0 Å². The van der Waals surface area contributed by atoms with Gasteiger partial charge in [-0.3, -0.25) is 4.79 Å². The van der Waals surface area contributed by atoms with Crippen molar-refractivity contribution in [2.75, 3.05) is 37.8 Å². The van der Waals surface area contributed by atoms with Crippen molar-refractivity contribution in [3.8, 4) is 16.9 Å². The van der Waals surface area contributed by atoms with E-state index in [0.29, 0.717) is 11.4 Å². The summed E-state index contributed by atoms with van der Waals surface area (Å²) >= 11 is 1.44. The molecule has 43 heavy (non-hydrogen) atoms. The van der Waals surface area contributed by atoms with Crippen LogP contribution in [0.15, 0.2) is 91.0 Å². The molecule has 3 N–H and O–H groups in total. The Balaban J connectivity index is 1.12. The lowest BCUT2D eigenvalue weighted by Crippen LogP contribution is -2.50. The predicted octanol–water partition coefficient (Wildman–Crippen LogP) is 6.04. The number of nitrogens with zero attached hydrogens (tertiary/aromatic N) is 2. The summed E-state index contributed by atoms with van der Waals surface area (Å²) < 4.78 is 5.70. The molecule has 1 radical (unpaired) electrons. The molecule has 9 heteroatoms. The fraction of sp³-hybridized carbons (Fsp3) is 0.265. The Bertz CT molecular complexity index is 1470. The number of thiophene rings is 1. The van der Waals surface area contributed by atoms with Gasteiger partial charge in [-0.05, 0) is 73.7 Å². The highest BCUT2D eigenvalue weighted by atomic mass is 32.1. The average molecular weight is 598 g/mol. The molecule has 3 aromatic carbocycles. The maximum absolute atomic E-state index is 13.5. The van der Waals surface area contributed by atoms with Crippen LogP contribution in [0.25, 0.3) is 11.1 Å². The number of hydrazine groups is 1. The number of carbonyl (C=O) groups excluding carboxylic acids is 2. The van der Waals surface area contributed by atoms with Crippen molar-refractivity contribution in [3.63, 3.8) is 0 Å². The molecule has 4 aromatic rings. The van der Waals surface area contributed by atoms with E-state index in [-0.39, 0.29) is 24.8 Å². The molecule has 0 spiro atoms. The first kappa shape index (κ1) is 30.3. The fourth-order valence-electron chi connectivity index (χ4n) is 4.98.